The second-order valence-electron chi connectivity index (χ2n) is 5.19. The van der Waals surface area contributed by atoms with Crippen molar-refractivity contribution < 1.29 is 13.6 Å². The highest BCUT2D eigenvalue weighted by Crippen LogP contribution is 2.13. The van der Waals surface area contributed by atoms with Gasteiger partial charge in [0.25, 0.3) is 5.91 Å². The van der Waals surface area contributed by atoms with Gasteiger partial charge in [0.1, 0.15) is 29.5 Å². The molecule has 7 heteroatoms. The van der Waals surface area contributed by atoms with Crippen LogP contribution in [0.3, 0.4) is 0 Å². The van der Waals surface area contributed by atoms with Gasteiger partial charge in [0.05, 0.1) is 0 Å². The molecule has 0 bridgehead atoms. The fourth-order valence-corrected chi connectivity index (χ4v) is 2.13. The minimum Gasteiger partial charge on any atom is -0.366 e. The summed E-state index contributed by atoms with van der Waals surface area (Å²) in [5, 5.41) is 5.56. The predicted octanol–water partition coefficient (Wildman–Crippen LogP) is 3.62. The van der Waals surface area contributed by atoms with Gasteiger partial charge in [-0.15, -0.1) is 0 Å². The van der Waals surface area contributed by atoms with Gasteiger partial charge >= 0.3 is 0 Å². The summed E-state index contributed by atoms with van der Waals surface area (Å²) in [6.45, 7) is 0.225. The minimum atomic E-state index is -0.456. The van der Waals surface area contributed by atoms with Crippen molar-refractivity contribution >= 4 is 17.4 Å². The van der Waals surface area contributed by atoms with E-state index in [1.807, 2.05) is 0 Å². The summed E-state index contributed by atoms with van der Waals surface area (Å²) in [5.41, 5.74) is 1.07. The second-order valence-corrected chi connectivity index (χ2v) is 5.19. The Morgan fingerprint density at radius 3 is 2.52 bits per heavy atom. The quantitative estimate of drug-likeness (QED) is 0.744. The van der Waals surface area contributed by atoms with Crippen LogP contribution in [-0.2, 0) is 6.54 Å². The monoisotopic (exact) mass is 340 g/mol. The zero-order chi connectivity index (χ0) is 17.6. The van der Waals surface area contributed by atoms with E-state index in [0.29, 0.717) is 17.1 Å². The van der Waals surface area contributed by atoms with Crippen molar-refractivity contribution in [3.63, 3.8) is 0 Å². The van der Waals surface area contributed by atoms with Gasteiger partial charge in [0.15, 0.2) is 0 Å². The average Bonchev–Trinajstić information content (AvgIpc) is 2.63. The topological polar surface area (TPSA) is 66.9 Å². The van der Waals surface area contributed by atoms with Crippen LogP contribution in [0.2, 0.25) is 0 Å². The largest absolute Gasteiger partial charge is 0.366 e. The highest BCUT2D eigenvalue weighted by atomic mass is 19.1. The molecule has 0 saturated heterocycles. The summed E-state index contributed by atoms with van der Waals surface area (Å²) in [6, 6.07) is 13.2. The smallest absolute Gasteiger partial charge is 0.274 e. The Morgan fingerprint density at radius 2 is 1.76 bits per heavy atom. The molecule has 0 aliphatic rings. The highest BCUT2D eigenvalue weighted by Gasteiger charge is 2.10. The maximum atomic E-state index is 13.6. The van der Waals surface area contributed by atoms with Crippen LogP contribution in [0.5, 0.6) is 0 Å². The first-order chi connectivity index (χ1) is 12.1. The number of anilines is 2. The van der Waals surface area contributed by atoms with Crippen molar-refractivity contribution in [2.45, 2.75) is 6.54 Å². The van der Waals surface area contributed by atoms with Crippen molar-refractivity contribution in [3.8, 4) is 0 Å². The molecule has 0 unspecified atom stereocenters. The molecule has 0 spiro atoms. The molecule has 0 saturated carbocycles. The lowest BCUT2D eigenvalue weighted by Gasteiger charge is -2.08. The van der Waals surface area contributed by atoms with Crippen LogP contribution in [0, 0.1) is 11.6 Å². The summed E-state index contributed by atoms with van der Waals surface area (Å²) in [4.78, 5) is 20.1. The van der Waals surface area contributed by atoms with Crippen molar-refractivity contribution in [2.24, 2.45) is 0 Å². The van der Waals surface area contributed by atoms with Gasteiger partial charge in [0, 0.05) is 23.9 Å². The van der Waals surface area contributed by atoms with Gasteiger partial charge in [-0.05, 0) is 30.3 Å². The average molecular weight is 340 g/mol. The van der Waals surface area contributed by atoms with Crippen LogP contribution >= 0.6 is 0 Å². The Bertz CT molecular complexity index is 884. The van der Waals surface area contributed by atoms with Crippen LogP contribution < -0.4 is 10.6 Å². The van der Waals surface area contributed by atoms with E-state index in [1.165, 1.54) is 42.7 Å². The van der Waals surface area contributed by atoms with E-state index < -0.39 is 5.91 Å². The summed E-state index contributed by atoms with van der Waals surface area (Å²) in [7, 11) is 0. The molecule has 2 aromatic carbocycles. The fraction of sp³-hybridized carbons (Fsp3) is 0.0556. The molecule has 0 aliphatic carbocycles. The molecule has 0 fully saturated rings. The predicted molar refractivity (Wildman–Crippen MR) is 90.1 cm³/mol. The third-order valence-corrected chi connectivity index (χ3v) is 3.42. The second kappa shape index (κ2) is 7.48. The van der Waals surface area contributed by atoms with Gasteiger partial charge in [-0.2, -0.15) is 0 Å². The number of nitrogens with zero attached hydrogens (tertiary/aromatic N) is 2. The maximum absolute atomic E-state index is 13.6. The molecular formula is C18H14F2N4O. The molecule has 1 heterocycles. The van der Waals surface area contributed by atoms with Crippen LogP contribution in [0.25, 0.3) is 0 Å². The van der Waals surface area contributed by atoms with E-state index in [2.05, 4.69) is 20.6 Å². The van der Waals surface area contributed by atoms with E-state index in [0.717, 1.165) is 0 Å². The zero-order valence-electron chi connectivity index (χ0n) is 13.0. The molecule has 126 valence electrons. The van der Waals surface area contributed by atoms with Gasteiger partial charge in [-0.3, -0.25) is 4.79 Å². The van der Waals surface area contributed by atoms with Crippen molar-refractivity contribution in [1.82, 2.24) is 9.97 Å². The van der Waals surface area contributed by atoms with Crippen molar-refractivity contribution in [3.05, 3.63) is 83.8 Å². The first-order valence-corrected chi connectivity index (χ1v) is 7.48. The molecule has 3 aromatic rings. The van der Waals surface area contributed by atoms with E-state index >= 15 is 0 Å². The molecule has 5 nitrogen and oxygen atoms in total. The maximum Gasteiger partial charge on any atom is 0.274 e. The number of carbonyl (C=O) groups is 1. The van der Waals surface area contributed by atoms with Gasteiger partial charge in [-0.1, -0.05) is 18.2 Å². The first kappa shape index (κ1) is 16.5. The van der Waals surface area contributed by atoms with E-state index in [1.54, 1.807) is 18.2 Å². The number of carbonyl (C=O) groups excluding carboxylic acids is 1. The molecule has 0 aliphatic heterocycles. The number of hydrogen-bond donors (Lipinski definition) is 2. The number of amides is 1. The molecule has 2 N–H and O–H groups in total. The molecule has 1 aromatic heterocycles. The Kier molecular flexibility index (Phi) is 4.94. The Hall–Kier alpha value is -3.35. The van der Waals surface area contributed by atoms with Crippen LogP contribution in [0.4, 0.5) is 20.3 Å². The number of halogens is 2. The Morgan fingerprint density at radius 1 is 1.00 bits per heavy atom. The summed E-state index contributed by atoms with van der Waals surface area (Å²) >= 11 is 0. The van der Waals surface area contributed by atoms with Crippen molar-refractivity contribution in [2.75, 3.05) is 10.6 Å². The van der Waals surface area contributed by atoms with Crippen LogP contribution in [0.1, 0.15) is 16.1 Å². The summed E-state index contributed by atoms with van der Waals surface area (Å²) in [5.74, 6) is -0.775. The van der Waals surface area contributed by atoms with E-state index in [4.69, 9.17) is 0 Å². The Labute approximate surface area is 142 Å². The number of hydrogen-bond acceptors (Lipinski definition) is 4. The standard InChI is InChI=1S/C18H14F2N4O/c19-13-5-7-14(8-6-13)24-18(25)16-9-17(23-11-22-16)21-10-12-3-1-2-4-15(12)20/h1-9,11H,10H2,(H,24,25)(H,21,22,23). The number of nitrogens with one attached hydrogen (secondary N) is 2. The van der Waals surface area contributed by atoms with E-state index in [-0.39, 0.29) is 23.9 Å². The molecule has 1 amide bonds. The third kappa shape index (κ3) is 4.35. The van der Waals surface area contributed by atoms with Gasteiger partial charge in [-0.25, -0.2) is 18.7 Å². The molecule has 0 atom stereocenters. The van der Waals surface area contributed by atoms with Gasteiger partial charge < -0.3 is 10.6 Å². The lowest BCUT2D eigenvalue weighted by atomic mass is 10.2. The Balaban J connectivity index is 1.67. The number of benzene rings is 2. The fourth-order valence-electron chi connectivity index (χ4n) is 2.13. The zero-order valence-corrected chi connectivity index (χ0v) is 13.0. The molecular weight excluding hydrogens is 326 g/mol. The molecule has 0 radical (unpaired) electrons. The molecule has 25 heavy (non-hydrogen) atoms. The number of rotatable bonds is 5. The van der Waals surface area contributed by atoms with E-state index in [9.17, 15) is 13.6 Å². The number of aromatic nitrogens is 2. The lowest BCUT2D eigenvalue weighted by molar-refractivity contribution is 0.102. The SMILES string of the molecule is O=C(Nc1ccc(F)cc1)c1cc(NCc2ccccc2F)ncn1. The minimum absolute atomic E-state index is 0.135. The summed E-state index contributed by atoms with van der Waals surface area (Å²) in [6.07, 6.45) is 1.24. The van der Waals surface area contributed by atoms with Crippen molar-refractivity contribution in [1.29, 1.82) is 0 Å². The molecule has 3 rings (SSSR count). The van der Waals surface area contributed by atoms with Crippen LogP contribution in [0.15, 0.2) is 60.9 Å². The normalized spacial score (nSPS) is 10.3. The summed E-state index contributed by atoms with van der Waals surface area (Å²) < 4.78 is 26.5. The third-order valence-electron chi connectivity index (χ3n) is 3.42. The first-order valence-electron chi connectivity index (χ1n) is 7.48. The lowest BCUT2D eigenvalue weighted by Crippen LogP contribution is -2.14. The van der Waals surface area contributed by atoms with Crippen LogP contribution in [-0.4, -0.2) is 15.9 Å². The highest BCUT2D eigenvalue weighted by molar-refractivity contribution is 6.03. The van der Waals surface area contributed by atoms with Gasteiger partial charge in [0.2, 0.25) is 0 Å².